The van der Waals surface area contributed by atoms with Crippen molar-refractivity contribution in [3.63, 3.8) is 0 Å². The molecule has 0 saturated carbocycles. The number of anilines is 1. The van der Waals surface area contributed by atoms with Crippen LogP contribution in [0.15, 0.2) is 53.1 Å². The van der Waals surface area contributed by atoms with Gasteiger partial charge in [0.25, 0.3) is 5.91 Å². The van der Waals surface area contributed by atoms with Crippen LogP contribution in [-0.4, -0.2) is 30.9 Å². The van der Waals surface area contributed by atoms with Crippen LogP contribution in [0.4, 0.5) is 5.00 Å². The van der Waals surface area contributed by atoms with Crippen LogP contribution in [0.1, 0.15) is 48.1 Å². The SMILES string of the molecule is COC(=O)c1c(NC(NC(=O)c2ccco2)C(=O)c2ccccc2)sc2c1CCC2. The van der Waals surface area contributed by atoms with Crippen molar-refractivity contribution < 1.29 is 23.5 Å². The lowest BCUT2D eigenvalue weighted by molar-refractivity contribution is 0.0600. The third-order valence-corrected chi connectivity index (χ3v) is 6.15. The van der Waals surface area contributed by atoms with Gasteiger partial charge in [0.15, 0.2) is 11.9 Å². The maximum Gasteiger partial charge on any atom is 0.341 e. The van der Waals surface area contributed by atoms with Gasteiger partial charge in [-0.05, 0) is 37.0 Å². The summed E-state index contributed by atoms with van der Waals surface area (Å²) in [4.78, 5) is 39.3. The Bertz CT molecular complexity index is 1070. The van der Waals surface area contributed by atoms with E-state index in [-0.39, 0.29) is 11.5 Å². The number of carbonyl (C=O) groups is 3. The van der Waals surface area contributed by atoms with Crippen molar-refractivity contribution in [3.05, 3.63) is 76.1 Å². The van der Waals surface area contributed by atoms with E-state index < -0.39 is 18.0 Å². The van der Waals surface area contributed by atoms with Gasteiger partial charge in [-0.15, -0.1) is 11.3 Å². The molecule has 2 heterocycles. The molecule has 1 amide bonds. The Labute approximate surface area is 177 Å². The molecule has 4 rings (SSSR count). The van der Waals surface area contributed by atoms with Crippen molar-refractivity contribution >= 4 is 34.0 Å². The Kier molecular flexibility index (Phi) is 5.67. The Morgan fingerprint density at radius 1 is 1.10 bits per heavy atom. The first-order valence-corrected chi connectivity index (χ1v) is 10.3. The Morgan fingerprint density at radius 3 is 2.60 bits per heavy atom. The normalized spacial score (nSPS) is 13.4. The predicted molar refractivity (Wildman–Crippen MR) is 112 cm³/mol. The van der Waals surface area contributed by atoms with E-state index in [9.17, 15) is 14.4 Å². The number of aryl methyl sites for hydroxylation is 1. The molecule has 1 aliphatic carbocycles. The van der Waals surface area contributed by atoms with E-state index in [0.29, 0.717) is 16.1 Å². The molecule has 1 unspecified atom stereocenters. The number of carbonyl (C=O) groups excluding carboxylic acids is 3. The second kappa shape index (κ2) is 8.54. The van der Waals surface area contributed by atoms with Crippen LogP contribution < -0.4 is 10.6 Å². The van der Waals surface area contributed by atoms with Crippen LogP contribution in [0.25, 0.3) is 0 Å². The summed E-state index contributed by atoms with van der Waals surface area (Å²) in [6.45, 7) is 0. The lowest BCUT2D eigenvalue weighted by Gasteiger charge is -2.20. The molecule has 1 aliphatic rings. The third kappa shape index (κ3) is 3.86. The molecule has 0 aliphatic heterocycles. The van der Waals surface area contributed by atoms with E-state index in [2.05, 4.69) is 10.6 Å². The fourth-order valence-electron chi connectivity index (χ4n) is 3.50. The monoisotopic (exact) mass is 424 g/mol. The summed E-state index contributed by atoms with van der Waals surface area (Å²) in [7, 11) is 1.33. The summed E-state index contributed by atoms with van der Waals surface area (Å²) in [5, 5.41) is 6.27. The van der Waals surface area contributed by atoms with Crippen molar-refractivity contribution in [3.8, 4) is 0 Å². The molecule has 1 aromatic carbocycles. The highest BCUT2D eigenvalue weighted by Gasteiger charge is 2.31. The van der Waals surface area contributed by atoms with Gasteiger partial charge < -0.3 is 19.8 Å². The largest absolute Gasteiger partial charge is 0.465 e. The Hall–Kier alpha value is -3.39. The molecule has 0 fully saturated rings. The van der Waals surface area contributed by atoms with Crippen LogP contribution in [0.5, 0.6) is 0 Å². The molecule has 0 bridgehead atoms. The fourth-order valence-corrected chi connectivity index (χ4v) is 4.81. The van der Waals surface area contributed by atoms with E-state index >= 15 is 0 Å². The zero-order chi connectivity index (χ0) is 21.1. The first-order valence-electron chi connectivity index (χ1n) is 9.51. The minimum Gasteiger partial charge on any atom is -0.465 e. The summed E-state index contributed by atoms with van der Waals surface area (Å²) < 4.78 is 10.1. The van der Waals surface area contributed by atoms with Crippen LogP contribution in [0, 0.1) is 0 Å². The van der Waals surface area contributed by atoms with Gasteiger partial charge in [0.1, 0.15) is 5.00 Å². The fraction of sp³-hybridized carbons (Fsp3) is 0.227. The van der Waals surface area contributed by atoms with E-state index in [1.165, 1.54) is 30.8 Å². The van der Waals surface area contributed by atoms with Crippen molar-refractivity contribution in [2.75, 3.05) is 12.4 Å². The number of fused-ring (bicyclic) bond motifs is 1. The van der Waals surface area contributed by atoms with Crippen molar-refractivity contribution in [1.82, 2.24) is 5.32 Å². The second-order valence-corrected chi connectivity index (χ2v) is 7.92. The lowest BCUT2D eigenvalue weighted by Crippen LogP contribution is -2.46. The second-order valence-electron chi connectivity index (χ2n) is 6.81. The molecule has 8 heteroatoms. The van der Waals surface area contributed by atoms with Crippen LogP contribution in [-0.2, 0) is 17.6 Å². The zero-order valence-corrected chi connectivity index (χ0v) is 17.1. The van der Waals surface area contributed by atoms with Crippen LogP contribution in [0.3, 0.4) is 0 Å². The van der Waals surface area contributed by atoms with Gasteiger partial charge in [0, 0.05) is 10.4 Å². The predicted octanol–water partition coefficient (Wildman–Crippen LogP) is 3.67. The molecule has 0 spiro atoms. The van der Waals surface area contributed by atoms with Gasteiger partial charge in [-0.3, -0.25) is 9.59 Å². The molecular formula is C22H20N2O5S. The van der Waals surface area contributed by atoms with Gasteiger partial charge in [0.2, 0.25) is 5.78 Å². The quantitative estimate of drug-likeness (QED) is 0.341. The topological polar surface area (TPSA) is 97.6 Å². The molecule has 154 valence electrons. The van der Waals surface area contributed by atoms with E-state index in [4.69, 9.17) is 9.15 Å². The number of nitrogens with one attached hydrogen (secondary N) is 2. The average molecular weight is 424 g/mol. The molecule has 30 heavy (non-hydrogen) atoms. The number of amides is 1. The van der Waals surface area contributed by atoms with Gasteiger partial charge >= 0.3 is 5.97 Å². The first kappa shape index (κ1) is 19.9. The van der Waals surface area contributed by atoms with Gasteiger partial charge in [-0.2, -0.15) is 0 Å². The van der Waals surface area contributed by atoms with Crippen LogP contribution >= 0.6 is 11.3 Å². The summed E-state index contributed by atoms with van der Waals surface area (Å²) in [6.07, 6.45) is 2.94. The van der Waals surface area contributed by atoms with Crippen molar-refractivity contribution in [2.45, 2.75) is 25.4 Å². The molecule has 2 aromatic heterocycles. The maximum absolute atomic E-state index is 13.2. The number of esters is 1. The van der Waals surface area contributed by atoms with Gasteiger partial charge in [-0.1, -0.05) is 30.3 Å². The molecule has 3 aromatic rings. The summed E-state index contributed by atoms with van der Waals surface area (Å²) in [6, 6.07) is 11.8. The summed E-state index contributed by atoms with van der Waals surface area (Å²) in [5.41, 5.74) is 1.82. The number of furan rings is 1. The standard InChI is InChI=1S/C22H20N2O5S/c1-28-22(27)17-14-9-5-11-16(14)30-21(17)24-19(18(25)13-7-3-2-4-8-13)23-20(26)15-10-6-12-29-15/h2-4,6-8,10,12,19,24H,5,9,11H2,1H3,(H,23,26). The number of hydrogen-bond donors (Lipinski definition) is 2. The molecule has 0 radical (unpaired) electrons. The smallest absolute Gasteiger partial charge is 0.341 e. The van der Waals surface area contributed by atoms with Crippen molar-refractivity contribution in [1.29, 1.82) is 0 Å². The highest BCUT2D eigenvalue weighted by Crippen LogP contribution is 2.39. The van der Waals surface area contributed by atoms with Gasteiger partial charge in [0.05, 0.1) is 18.9 Å². The lowest BCUT2D eigenvalue weighted by atomic mass is 10.1. The number of rotatable bonds is 7. The molecule has 2 N–H and O–H groups in total. The number of methoxy groups -OCH3 is 1. The Balaban J connectivity index is 1.67. The molecule has 0 saturated heterocycles. The zero-order valence-electron chi connectivity index (χ0n) is 16.3. The summed E-state index contributed by atoms with van der Waals surface area (Å²) >= 11 is 1.42. The first-order chi connectivity index (χ1) is 14.6. The highest BCUT2D eigenvalue weighted by atomic mass is 32.1. The number of ketones is 1. The number of Topliss-reactive ketones (excluding diaryl/α,β-unsaturated/α-hetero) is 1. The highest BCUT2D eigenvalue weighted by molar-refractivity contribution is 7.16. The molecular weight excluding hydrogens is 404 g/mol. The Morgan fingerprint density at radius 2 is 1.90 bits per heavy atom. The van der Waals surface area contributed by atoms with Gasteiger partial charge in [-0.25, -0.2) is 4.79 Å². The minimum absolute atomic E-state index is 0.0875. The number of hydrogen-bond acceptors (Lipinski definition) is 7. The minimum atomic E-state index is -1.09. The van der Waals surface area contributed by atoms with Crippen molar-refractivity contribution in [2.24, 2.45) is 0 Å². The van der Waals surface area contributed by atoms with E-state index in [1.807, 2.05) is 0 Å². The maximum atomic E-state index is 13.2. The van der Waals surface area contributed by atoms with E-state index in [1.54, 1.807) is 36.4 Å². The number of benzene rings is 1. The molecule has 7 nitrogen and oxygen atoms in total. The summed E-state index contributed by atoms with van der Waals surface area (Å²) in [5.74, 6) is -1.24. The van der Waals surface area contributed by atoms with Crippen LogP contribution in [0.2, 0.25) is 0 Å². The average Bonchev–Trinajstić information content (AvgIpc) is 3.50. The number of thiophene rings is 1. The third-order valence-electron chi connectivity index (χ3n) is 4.93. The van der Waals surface area contributed by atoms with E-state index in [0.717, 1.165) is 29.7 Å². The number of ether oxygens (including phenoxy) is 1. The molecule has 1 atom stereocenters.